The van der Waals surface area contributed by atoms with E-state index in [4.69, 9.17) is 4.74 Å². The molecule has 0 fully saturated rings. The largest absolute Gasteiger partial charge is 0.458 e. The van der Waals surface area contributed by atoms with Crippen molar-refractivity contribution in [3.63, 3.8) is 0 Å². The van der Waals surface area contributed by atoms with Crippen LogP contribution in [0.15, 0.2) is 84.9 Å². The molecule has 3 heteroatoms. The Kier molecular flexibility index (Phi) is 4.31. The predicted octanol–water partition coefficient (Wildman–Crippen LogP) is 8.46. The van der Waals surface area contributed by atoms with E-state index in [1.54, 1.807) is 0 Å². The minimum Gasteiger partial charge on any atom is -0.458 e. The van der Waals surface area contributed by atoms with Gasteiger partial charge in [-0.1, -0.05) is 77.3 Å². The minimum atomic E-state index is 0.179. The number of rotatable bonds is 1. The molecule has 0 radical (unpaired) electrons. The molecule has 0 saturated carbocycles. The third-order valence-corrected chi connectivity index (χ3v) is 11.1. The van der Waals surface area contributed by atoms with Crippen molar-refractivity contribution >= 4 is 61.3 Å². The zero-order chi connectivity index (χ0) is 29.9. The molecule has 0 N–H and O–H groups in total. The Labute approximate surface area is 262 Å². The summed E-state index contributed by atoms with van der Waals surface area (Å²) in [6, 6.07) is 30.3. The monoisotopic (exact) mass is 575 g/mol. The molecule has 11 rings (SSSR count). The van der Waals surface area contributed by atoms with Gasteiger partial charge in [0.05, 0.1) is 16.7 Å². The molecule has 1 aliphatic carbocycles. The van der Waals surface area contributed by atoms with Crippen LogP contribution in [-0.4, -0.2) is 11.3 Å². The van der Waals surface area contributed by atoms with Gasteiger partial charge in [0, 0.05) is 22.2 Å². The molecular formula is C42H30BNO. The molecule has 6 aromatic carbocycles. The molecule has 4 heterocycles. The summed E-state index contributed by atoms with van der Waals surface area (Å²) in [6.45, 7) is 9.14. The van der Waals surface area contributed by atoms with Crippen LogP contribution in [0.25, 0.3) is 55.0 Å². The molecule has 3 aliphatic heterocycles. The molecule has 0 bridgehead atoms. The molecule has 7 aromatic rings. The number of aromatic nitrogens is 1. The highest BCUT2D eigenvalue weighted by atomic mass is 16.5. The first-order valence-corrected chi connectivity index (χ1v) is 16.3. The summed E-state index contributed by atoms with van der Waals surface area (Å²) in [5.74, 6) is 2.01. The van der Waals surface area contributed by atoms with Gasteiger partial charge in [0.25, 0.3) is 6.71 Å². The first-order chi connectivity index (χ1) is 22.0. The van der Waals surface area contributed by atoms with Gasteiger partial charge >= 0.3 is 0 Å². The van der Waals surface area contributed by atoms with Crippen molar-refractivity contribution in [3.05, 3.63) is 124 Å². The summed E-state index contributed by atoms with van der Waals surface area (Å²) in [6.07, 6.45) is 4.66. The average molecular weight is 576 g/mol. The zero-order valence-electron chi connectivity index (χ0n) is 25.9. The second-order valence-electron chi connectivity index (χ2n) is 13.8. The van der Waals surface area contributed by atoms with Crippen molar-refractivity contribution < 1.29 is 4.74 Å². The fraction of sp³-hybridized carbons (Fsp3) is 0.143. The molecule has 212 valence electrons. The molecule has 45 heavy (non-hydrogen) atoms. The first-order valence-electron chi connectivity index (χ1n) is 16.3. The topological polar surface area (TPSA) is 14.2 Å². The predicted molar refractivity (Wildman–Crippen MR) is 189 cm³/mol. The van der Waals surface area contributed by atoms with Gasteiger partial charge < -0.3 is 9.30 Å². The second-order valence-corrected chi connectivity index (χ2v) is 13.8. The van der Waals surface area contributed by atoms with E-state index in [1.807, 2.05) is 0 Å². The summed E-state index contributed by atoms with van der Waals surface area (Å²) < 4.78 is 9.61. The fourth-order valence-electron chi connectivity index (χ4n) is 9.68. The fourth-order valence-corrected chi connectivity index (χ4v) is 9.68. The molecule has 2 nitrogen and oxygen atoms in total. The van der Waals surface area contributed by atoms with E-state index in [1.165, 1.54) is 110 Å². The standard InChI is InChI=1S/C42H30BNO/c1-21-16-23(3)41-31(18-21)32-19-22(2)17-24(4)42(32)44(41)33-20-35-40-37-27(10-6-13-30(33)37)29-12-7-11-28-26-9-5-8-25-14-15-34(45-35)39(36(25)26)43(40)38(28)29/h6-7,9-20H,5,8H2,1-4H3. The van der Waals surface area contributed by atoms with Crippen molar-refractivity contribution in [3.8, 4) is 28.3 Å². The quantitative estimate of drug-likeness (QED) is 0.179. The van der Waals surface area contributed by atoms with Crippen LogP contribution in [0.4, 0.5) is 0 Å². The number of allylic oxidation sites excluding steroid dienone is 1. The third kappa shape index (κ3) is 2.80. The molecule has 4 aliphatic rings. The number of benzene rings is 6. The van der Waals surface area contributed by atoms with Crippen LogP contribution in [0.3, 0.4) is 0 Å². The van der Waals surface area contributed by atoms with Gasteiger partial charge in [-0.3, -0.25) is 0 Å². The van der Waals surface area contributed by atoms with Crippen LogP contribution in [0, 0.1) is 27.7 Å². The molecule has 1 aromatic heterocycles. The highest BCUT2D eigenvalue weighted by Crippen LogP contribution is 2.47. The highest BCUT2D eigenvalue weighted by Gasteiger charge is 2.46. The van der Waals surface area contributed by atoms with Crippen molar-refractivity contribution in [2.45, 2.75) is 40.5 Å². The van der Waals surface area contributed by atoms with Crippen LogP contribution in [0.5, 0.6) is 11.5 Å². The highest BCUT2D eigenvalue weighted by molar-refractivity contribution is 7.01. The van der Waals surface area contributed by atoms with Gasteiger partial charge in [-0.05, 0) is 120 Å². The van der Waals surface area contributed by atoms with Gasteiger partial charge in [0.2, 0.25) is 0 Å². The van der Waals surface area contributed by atoms with Crippen LogP contribution < -0.4 is 21.1 Å². The molecule has 0 spiro atoms. The maximum atomic E-state index is 7.06. The number of ether oxygens (including phenoxy) is 1. The maximum absolute atomic E-state index is 7.06. The maximum Gasteiger partial charge on any atom is 0.254 e. The summed E-state index contributed by atoms with van der Waals surface area (Å²) in [7, 11) is 0. The van der Waals surface area contributed by atoms with E-state index >= 15 is 0 Å². The lowest BCUT2D eigenvalue weighted by atomic mass is 9.29. The van der Waals surface area contributed by atoms with E-state index in [0.717, 1.165) is 24.3 Å². The van der Waals surface area contributed by atoms with Crippen molar-refractivity contribution in [2.75, 3.05) is 0 Å². The summed E-state index contributed by atoms with van der Waals surface area (Å²) >= 11 is 0. The lowest BCUT2D eigenvalue weighted by Crippen LogP contribution is -2.61. The van der Waals surface area contributed by atoms with Gasteiger partial charge in [-0.15, -0.1) is 0 Å². The van der Waals surface area contributed by atoms with Crippen LogP contribution in [0.1, 0.15) is 45.4 Å². The van der Waals surface area contributed by atoms with Gasteiger partial charge in [-0.25, -0.2) is 0 Å². The third-order valence-electron chi connectivity index (χ3n) is 11.1. The van der Waals surface area contributed by atoms with Crippen molar-refractivity contribution in [2.24, 2.45) is 0 Å². The molecule has 0 saturated heterocycles. The van der Waals surface area contributed by atoms with Gasteiger partial charge in [0.15, 0.2) is 0 Å². The lowest BCUT2D eigenvalue weighted by molar-refractivity contribution is 0.487. The van der Waals surface area contributed by atoms with E-state index < -0.39 is 0 Å². The Bertz CT molecular complexity index is 2550. The molecular weight excluding hydrogens is 545 g/mol. The summed E-state index contributed by atoms with van der Waals surface area (Å²) in [5, 5.41) is 5.28. The van der Waals surface area contributed by atoms with Crippen LogP contribution in [0.2, 0.25) is 0 Å². The summed E-state index contributed by atoms with van der Waals surface area (Å²) in [4.78, 5) is 0. The molecule has 0 amide bonds. The van der Waals surface area contributed by atoms with E-state index in [9.17, 15) is 0 Å². The van der Waals surface area contributed by atoms with Gasteiger partial charge in [0.1, 0.15) is 11.5 Å². The Morgan fingerprint density at radius 1 is 0.644 bits per heavy atom. The Morgan fingerprint density at radius 3 is 2.13 bits per heavy atom. The minimum absolute atomic E-state index is 0.179. The Balaban J connectivity index is 1.35. The van der Waals surface area contributed by atoms with Crippen LogP contribution in [-0.2, 0) is 6.42 Å². The number of nitrogens with zero attached hydrogens (tertiary/aromatic N) is 1. The van der Waals surface area contributed by atoms with Crippen molar-refractivity contribution in [1.29, 1.82) is 0 Å². The second kappa shape index (κ2) is 7.97. The normalized spacial score (nSPS) is 14.8. The average Bonchev–Trinajstić information content (AvgIpc) is 3.36. The first kappa shape index (κ1) is 24.3. The van der Waals surface area contributed by atoms with Crippen LogP contribution >= 0.6 is 0 Å². The van der Waals surface area contributed by atoms with E-state index in [2.05, 4.69) is 117 Å². The number of aryl methyl sites for hydroxylation is 5. The van der Waals surface area contributed by atoms with Crippen molar-refractivity contribution in [1.82, 2.24) is 4.57 Å². The SMILES string of the molecule is Cc1cc(C)c2c(c1)c1cc(C)cc(C)c1n2-c1cc2c3c4c(cccc14)-c1cccc4c1B3c1c(ccc3c1C4=CCC3)O2. The number of hydrogen-bond donors (Lipinski definition) is 0. The molecule has 0 atom stereocenters. The van der Waals surface area contributed by atoms with E-state index in [-0.39, 0.29) is 6.71 Å². The Morgan fingerprint density at radius 2 is 1.36 bits per heavy atom. The zero-order valence-corrected chi connectivity index (χ0v) is 25.9. The molecule has 0 unspecified atom stereocenters. The lowest BCUT2D eigenvalue weighted by Gasteiger charge is -2.41. The van der Waals surface area contributed by atoms with E-state index in [0.29, 0.717) is 0 Å². The Hall–Kier alpha value is -5.02. The summed E-state index contributed by atoms with van der Waals surface area (Å²) in [5.41, 5.74) is 21.5. The smallest absolute Gasteiger partial charge is 0.254 e. The number of hydrogen-bond acceptors (Lipinski definition) is 1. The number of fused-ring (bicyclic) bond motifs is 5. The van der Waals surface area contributed by atoms with Gasteiger partial charge in [-0.2, -0.15) is 0 Å².